The third-order valence-electron chi connectivity index (χ3n) is 3.80. The molecule has 1 aromatic carbocycles. The van der Waals surface area contributed by atoms with Crippen LogP contribution in [0.5, 0.6) is 17.2 Å². The van der Waals surface area contributed by atoms with Gasteiger partial charge in [0.15, 0.2) is 11.5 Å². The SMILES string of the molecule is O=C(O)C[C@H](C(=O)O)[C@H]1c2c(cc(O)c(O)c2O)C(=O)O[C@H]1C(=O)O. The number of cyclic esters (lactones) is 1. The van der Waals surface area contributed by atoms with Gasteiger partial charge in [-0.15, -0.1) is 0 Å². The Morgan fingerprint density at radius 3 is 2.16 bits per heavy atom. The highest BCUT2D eigenvalue weighted by Crippen LogP contribution is 2.49. The Kier molecular flexibility index (Phi) is 4.42. The fraction of sp³-hybridized carbons (Fsp3) is 0.286. The molecule has 0 aromatic heterocycles. The van der Waals surface area contributed by atoms with Gasteiger partial charge in [0.2, 0.25) is 11.9 Å². The van der Waals surface area contributed by atoms with Gasteiger partial charge < -0.3 is 35.4 Å². The molecule has 2 rings (SSSR count). The van der Waals surface area contributed by atoms with Crippen LogP contribution < -0.4 is 0 Å². The topological polar surface area (TPSA) is 199 Å². The van der Waals surface area contributed by atoms with Gasteiger partial charge in [0, 0.05) is 5.56 Å². The van der Waals surface area contributed by atoms with Crippen LogP contribution in [0.1, 0.15) is 28.3 Å². The summed E-state index contributed by atoms with van der Waals surface area (Å²) >= 11 is 0. The van der Waals surface area contributed by atoms with Gasteiger partial charge >= 0.3 is 23.9 Å². The molecule has 11 heteroatoms. The molecule has 0 unspecified atom stereocenters. The van der Waals surface area contributed by atoms with Crippen LogP contribution in [0.15, 0.2) is 6.07 Å². The molecule has 1 heterocycles. The number of hydrogen-bond donors (Lipinski definition) is 6. The summed E-state index contributed by atoms with van der Waals surface area (Å²) < 4.78 is 4.65. The Morgan fingerprint density at radius 1 is 1.08 bits per heavy atom. The third-order valence-corrected chi connectivity index (χ3v) is 3.80. The molecule has 25 heavy (non-hydrogen) atoms. The lowest BCUT2D eigenvalue weighted by molar-refractivity contribution is -0.156. The molecule has 0 spiro atoms. The predicted octanol–water partition coefficient (Wildman–Crippen LogP) is -0.314. The van der Waals surface area contributed by atoms with Crippen LogP contribution in [0.25, 0.3) is 0 Å². The first kappa shape index (κ1) is 17.8. The van der Waals surface area contributed by atoms with Gasteiger partial charge in [0.05, 0.1) is 23.8 Å². The van der Waals surface area contributed by atoms with Gasteiger partial charge in [0.25, 0.3) is 0 Å². The standard InChI is InChI=1S/C14H12O11/c15-5-1-4-7(10(19)9(5)18)8(3(12(20)21)2-6(16)17)11(13(22)23)25-14(4)24/h1,3,8,11,15,18-19H,2H2,(H,16,17)(H,20,21)(H,22,23)/t3-,8-,11+/m0/s1. The number of hydrogen-bond acceptors (Lipinski definition) is 8. The molecule has 0 bridgehead atoms. The van der Waals surface area contributed by atoms with Gasteiger partial charge in [-0.05, 0) is 6.07 Å². The molecular weight excluding hydrogens is 344 g/mol. The van der Waals surface area contributed by atoms with Crippen LogP contribution in [-0.2, 0) is 19.1 Å². The molecule has 134 valence electrons. The number of carbonyl (C=O) groups is 4. The summed E-state index contributed by atoms with van der Waals surface area (Å²) in [5.74, 6) is -13.2. The number of carbonyl (C=O) groups excluding carboxylic acids is 1. The van der Waals surface area contributed by atoms with E-state index in [0.29, 0.717) is 6.07 Å². The second-order valence-corrected chi connectivity index (χ2v) is 5.29. The summed E-state index contributed by atoms with van der Waals surface area (Å²) in [5.41, 5.74) is -1.19. The molecule has 1 aliphatic heterocycles. The molecule has 0 amide bonds. The zero-order valence-electron chi connectivity index (χ0n) is 12.2. The van der Waals surface area contributed by atoms with E-state index in [1.54, 1.807) is 0 Å². The van der Waals surface area contributed by atoms with Crippen molar-refractivity contribution in [2.75, 3.05) is 0 Å². The molecule has 0 aliphatic carbocycles. The largest absolute Gasteiger partial charge is 0.504 e. The lowest BCUT2D eigenvalue weighted by atomic mass is 9.76. The minimum absolute atomic E-state index is 0.577. The van der Waals surface area contributed by atoms with E-state index in [1.807, 2.05) is 0 Å². The van der Waals surface area contributed by atoms with Crippen LogP contribution >= 0.6 is 0 Å². The van der Waals surface area contributed by atoms with E-state index in [-0.39, 0.29) is 0 Å². The molecule has 0 saturated heterocycles. The van der Waals surface area contributed by atoms with Crippen molar-refractivity contribution >= 4 is 23.9 Å². The van der Waals surface area contributed by atoms with Crippen molar-refractivity contribution in [3.8, 4) is 17.2 Å². The van der Waals surface area contributed by atoms with Gasteiger partial charge in [-0.2, -0.15) is 0 Å². The first-order chi connectivity index (χ1) is 11.6. The Balaban J connectivity index is 2.78. The van der Waals surface area contributed by atoms with Crippen molar-refractivity contribution in [1.29, 1.82) is 0 Å². The number of fused-ring (bicyclic) bond motifs is 1. The number of phenolic OH excluding ortho intramolecular Hbond substituents is 3. The molecule has 0 saturated carbocycles. The first-order valence-electron chi connectivity index (χ1n) is 6.72. The van der Waals surface area contributed by atoms with Crippen molar-refractivity contribution < 1.29 is 54.6 Å². The van der Waals surface area contributed by atoms with Crippen molar-refractivity contribution in [2.24, 2.45) is 5.92 Å². The summed E-state index contributed by atoms with van der Waals surface area (Å²) in [6.07, 6.45) is -3.16. The van der Waals surface area contributed by atoms with Crippen LogP contribution in [-0.4, -0.2) is 60.6 Å². The minimum atomic E-state index is -2.12. The lowest BCUT2D eigenvalue weighted by Crippen LogP contribution is -2.44. The number of benzene rings is 1. The molecule has 1 aliphatic rings. The number of esters is 1. The number of carboxylic acid groups (broad SMARTS) is 3. The molecule has 6 N–H and O–H groups in total. The van der Waals surface area contributed by atoms with Crippen LogP contribution in [0.4, 0.5) is 0 Å². The highest BCUT2D eigenvalue weighted by molar-refractivity contribution is 5.98. The zero-order chi connectivity index (χ0) is 19.0. The summed E-state index contributed by atoms with van der Waals surface area (Å²) in [6, 6.07) is 0.664. The number of rotatable bonds is 5. The number of ether oxygens (including phenoxy) is 1. The molecule has 11 nitrogen and oxygen atoms in total. The summed E-state index contributed by atoms with van der Waals surface area (Å²) in [6.45, 7) is 0. The monoisotopic (exact) mass is 356 g/mol. The van der Waals surface area contributed by atoms with E-state index in [1.165, 1.54) is 0 Å². The smallest absolute Gasteiger partial charge is 0.345 e. The van der Waals surface area contributed by atoms with Gasteiger partial charge in [0.1, 0.15) is 0 Å². The van der Waals surface area contributed by atoms with Gasteiger partial charge in [-0.3, -0.25) is 9.59 Å². The fourth-order valence-corrected chi connectivity index (χ4v) is 2.74. The summed E-state index contributed by atoms with van der Waals surface area (Å²) in [5, 5.41) is 56.5. The molecule has 1 aromatic rings. The third kappa shape index (κ3) is 2.98. The normalized spacial score (nSPS) is 20.2. The molecule has 0 fully saturated rings. The van der Waals surface area contributed by atoms with Crippen LogP contribution in [0.2, 0.25) is 0 Å². The number of aromatic hydroxyl groups is 3. The zero-order valence-corrected chi connectivity index (χ0v) is 12.2. The summed E-state index contributed by atoms with van der Waals surface area (Å²) in [7, 11) is 0. The molecular formula is C14H12O11. The summed E-state index contributed by atoms with van der Waals surface area (Å²) in [4.78, 5) is 45.7. The van der Waals surface area contributed by atoms with Crippen LogP contribution in [0, 0.1) is 5.92 Å². The lowest BCUT2D eigenvalue weighted by Gasteiger charge is -2.34. The highest BCUT2D eigenvalue weighted by Gasteiger charge is 2.49. The quantitative estimate of drug-likeness (QED) is 0.298. The van der Waals surface area contributed by atoms with Crippen molar-refractivity contribution in [1.82, 2.24) is 0 Å². The number of aliphatic carboxylic acids is 3. The molecule has 0 radical (unpaired) electrons. The maximum atomic E-state index is 11.9. The predicted molar refractivity (Wildman–Crippen MR) is 74.4 cm³/mol. The van der Waals surface area contributed by atoms with E-state index < -0.39 is 76.6 Å². The Labute approximate surface area is 138 Å². The van der Waals surface area contributed by atoms with Gasteiger partial charge in [-0.1, -0.05) is 0 Å². The van der Waals surface area contributed by atoms with E-state index in [0.717, 1.165) is 0 Å². The number of carboxylic acids is 3. The molecule has 3 atom stereocenters. The van der Waals surface area contributed by atoms with Crippen molar-refractivity contribution in [3.63, 3.8) is 0 Å². The first-order valence-corrected chi connectivity index (χ1v) is 6.72. The second-order valence-electron chi connectivity index (χ2n) is 5.29. The average Bonchev–Trinajstić information content (AvgIpc) is 2.50. The van der Waals surface area contributed by atoms with Crippen molar-refractivity contribution in [2.45, 2.75) is 18.4 Å². The van der Waals surface area contributed by atoms with E-state index in [4.69, 9.17) is 5.11 Å². The van der Waals surface area contributed by atoms with E-state index in [2.05, 4.69) is 4.74 Å². The Bertz CT molecular complexity index is 781. The average molecular weight is 356 g/mol. The highest BCUT2D eigenvalue weighted by atomic mass is 16.6. The fourth-order valence-electron chi connectivity index (χ4n) is 2.74. The van der Waals surface area contributed by atoms with E-state index >= 15 is 0 Å². The van der Waals surface area contributed by atoms with Crippen LogP contribution in [0.3, 0.4) is 0 Å². The Hall–Kier alpha value is -3.50. The second kappa shape index (κ2) is 6.19. The maximum Gasteiger partial charge on any atom is 0.345 e. The van der Waals surface area contributed by atoms with Gasteiger partial charge in [-0.25, -0.2) is 9.59 Å². The Morgan fingerprint density at radius 2 is 1.68 bits per heavy atom. The number of phenols is 3. The minimum Gasteiger partial charge on any atom is -0.504 e. The maximum absolute atomic E-state index is 11.9. The van der Waals surface area contributed by atoms with E-state index in [9.17, 15) is 44.7 Å². The van der Waals surface area contributed by atoms with Crippen molar-refractivity contribution in [3.05, 3.63) is 17.2 Å².